The SMILES string of the molecule is Fc1ccc(CC2COC(C3CCCCN3)=N2)cc1. The minimum atomic E-state index is -0.193. The average Bonchev–Trinajstić information content (AvgIpc) is 2.91. The monoisotopic (exact) mass is 262 g/mol. The molecule has 1 N–H and O–H groups in total. The number of hydrogen-bond donors (Lipinski definition) is 1. The van der Waals surface area contributed by atoms with E-state index in [0.29, 0.717) is 12.6 Å². The first kappa shape index (κ1) is 12.6. The van der Waals surface area contributed by atoms with Crippen LogP contribution in [0.25, 0.3) is 0 Å². The first-order valence-corrected chi connectivity index (χ1v) is 6.99. The summed E-state index contributed by atoms with van der Waals surface area (Å²) in [6.45, 7) is 1.70. The van der Waals surface area contributed by atoms with Gasteiger partial charge in [0.2, 0.25) is 5.90 Å². The minimum Gasteiger partial charge on any atom is -0.478 e. The number of aliphatic imine (C=N–C) groups is 1. The number of piperidine rings is 1. The van der Waals surface area contributed by atoms with Crippen LogP contribution >= 0.6 is 0 Å². The lowest BCUT2D eigenvalue weighted by atomic mass is 10.0. The number of halogens is 1. The van der Waals surface area contributed by atoms with Crippen molar-refractivity contribution in [3.05, 3.63) is 35.6 Å². The third-order valence-electron chi connectivity index (χ3n) is 3.73. The van der Waals surface area contributed by atoms with Gasteiger partial charge >= 0.3 is 0 Å². The highest BCUT2D eigenvalue weighted by Crippen LogP contribution is 2.17. The molecule has 0 aromatic heterocycles. The number of benzene rings is 1. The van der Waals surface area contributed by atoms with E-state index in [1.807, 2.05) is 12.1 Å². The second-order valence-electron chi connectivity index (χ2n) is 5.27. The number of nitrogens with one attached hydrogen (secondary N) is 1. The van der Waals surface area contributed by atoms with E-state index >= 15 is 0 Å². The molecule has 3 nitrogen and oxygen atoms in total. The summed E-state index contributed by atoms with van der Waals surface area (Å²) in [6, 6.07) is 7.11. The molecule has 2 heterocycles. The van der Waals surface area contributed by atoms with Gasteiger partial charge in [0.15, 0.2) is 0 Å². The van der Waals surface area contributed by atoms with E-state index in [9.17, 15) is 4.39 Å². The normalized spacial score (nSPS) is 26.9. The Bertz CT molecular complexity index is 452. The van der Waals surface area contributed by atoms with Crippen LogP contribution in [-0.2, 0) is 11.2 Å². The van der Waals surface area contributed by atoms with Crippen molar-refractivity contribution in [2.75, 3.05) is 13.2 Å². The molecule has 0 radical (unpaired) electrons. The summed E-state index contributed by atoms with van der Waals surface area (Å²) in [7, 11) is 0. The van der Waals surface area contributed by atoms with Crippen LogP contribution in [-0.4, -0.2) is 31.1 Å². The van der Waals surface area contributed by atoms with E-state index in [-0.39, 0.29) is 11.9 Å². The van der Waals surface area contributed by atoms with Gasteiger partial charge in [0.25, 0.3) is 0 Å². The van der Waals surface area contributed by atoms with E-state index in [2.05, 4.69) is 10.3 Å². The van der Waals surface area contributed by atoms with Crippen LogP contribution in [0.3, 0.4) is 0 Å². The molecule has 102 valence electrons. The minimum absolute atomic E-state index is 0.171. The van der Waals surface area contributed by atoms with Crippen LogP contribution in [0.15, 0.2) is 29.3 Å². The number of ether oxygens (including phenoxy) is 1. The van der Waals surface area contributed by atoms with Gasteiger partial charge in [-0.05, 0) is 43.5 Å². The summed E-state index contributed by atoms with van der Waals surface area (Å²) >= 11 is 0. The molecule has 0 saturated carbocycles. The fourth-order valence-electron chi connectivity index (χ4n) is 2.69. The highest BCUT2D eigenvalue weighted by molar-refractivity contribution is 5.83. The Morgan fingerprint density at radius 2 is 2.11 bits per heavy atom. The Kier molecular flexibility index (Phi) is 3.78. The van der Waals surface area contributed by atoms with Crippen molar-refractivity contribution in [1.29, 1.82) is 0 Å². The number of rotatable bonds is 3. The number of nitrogens with zero attached hydrogens (tertiary/aromatic N) is 1. The third kappa shape index (κ3) is 3.13. The van der Waals surface area contributed by atoms with Crippen molar-refractivity contribution in [3.8, 4) is 0 Å². The van der Waals surface area contributed by atoms with Crippen LogP contribution in [0.2, 0.25) is 0 Å². The second kappa shape index (κ2) is 5.70. The molecular weight excluding hydrogens is 243 g/mol. The molecule has 1 aromatic rings. The van der Waals surface area contributed by atoms with Crippen molar-refractivity contribution < 1.29 is 9.13 Å². The molecule has 2 unspecified atom stereocenters. The summed E-state index contributed by atoms with van der Waals surface area (Å²) < 4.78 is 18.6. The molecule has 0 amide bonds. The Morgan fingerprint density at radius 1 is 1.26 bits per heavy atom. The summed E-state index contributed by atoms with van der Waals surface area (Å²) in [4.78, 5) is 4.67. The van der Waals surface area contributed by atoms with Crippen LogP contribution in [0.1, 0.15) is 24.8 Å². The maximum atomic E-state index is 12.8. The molecule has 1 fully saturated rings. The predicted octanol–water partition coefficient (Wildman–Crippen LogP) is 2.31. The summed E-state index contributed by atoms with van der Waals surface area (Å²) in [6.07, 6.45) is 4.41. The summed E-state index contributed by atoms with van der Waals surface area (Å²) in [5, 5.41) is 3.45. The Balaban J connectivity index is 1.60. The highest BCUT2D eigenvalue weighted by atomic mass is 19.1. The Morgan fingerprint density at radius 3 is 2.84 bits per heavy atom. The fraction of sp³-hybridized carbons (Fsp3) is 0.533. The van der Waals surface area contributed by atoms with Crippen LogP contribution in [0.4, 0.5) is 4.39 Å². The topological polar surface area (TPSA) is 33.6 Å². The van der Waals surface area contributed by atoms with Crippen molar-refractivity contribution in [1.82, 2.24) is 5.32 Å². The first-order chi connectivity index (χ1) is 9.31. The van der Waals surface area contributed by atoms with Crippen molar-refractivity contribution in [2.45, 2.75) is 37.8 Å². The molecule has 3 rings (SSSR count). The van der Waals surface area contributed by atoms with Gasteiger partial charge in [0.1, 0.15) is 12.4 Å². The zero-order valence-electron chi connectivity index (χ0n) is 10.9. The average molecular weight is 262 g/mol. The molecule has 1 aromatic carbocycles. The highest BCUT2D eigenvalue weighted by Gasteiger charge is 2.26. The predicted molar refractivity (Wildman–Crippen MR) is 72.9 cm³/mol. The van der Waals surface area contributed by atoms with E-state index < -0.39 is 0 Å². The van der Waals surface area contributed by atoms with E-state index in [4.69, 9.17) is 4.74 Å². The molecule has 1 saturated heterocycles. The zero-order valence-corrected chi connectivity index (χ0v) is 10.9. The fourth-order valence-corrected chi connectivity index (χ4v) is 2.69. The van der Waals surface area contributed by atoms with Gasteiger partial charge in [0.05, 0.1) is 12.1 Å². The Hall–Kier alpha value is -1.42. The van der Waals surface area contributed by atoms with Crippen LogP contribution < -0.4 is 5.32 Å². The molecule has 2 aliphatic heterocycles. The molecule has 0 aliphatic carbocycles. The largest absolute Gasteiger partial charge is 0.478 e. The van der Waals surface area contributed by atoms with E-state index in [0.717, 1.165) is 30.8 Å². The molecule has 2 atom stereocenters. The lowest BCUT2D eigenvalue weighted by Crippen LogP contribution is -2.40. The third-order valence-corrected chi connectivity index (χ3v) is 3.73. The molecule has 2 aliphatic rings. The maximum absolute atomic E-state index is 12.8. The van der Waals surface area contributed by atoms with Gasteiger partial charge in [-0.25, -0.2) is 9.38 Å². The molecule has 4 heteroatoms. The molecular formula is C15H19FN2O. The van der Waals surface area contributed by atoms with Gasteiger partial charge in [-0.2, -0.15) is 0 Å². The summed E-state index contributed by atoms with van der Waals surface area (Å²) in [5.41, 5.74) is 1.11. The van der Waals surface area contributed by atoms with Gasteiger partial charge < -0.3 is 10.1 Å². The van der Waals surface area contributed by atoms with Crippen LogP contribution in [0, 0.1) is 5.82 Å². The van der Waals surface area contributed by atoms with Crippen molar-refractivity contribution >= 4 is 5.90 Å². The van der Waals surface area contributed by atoms with Crippen molar-refractivity contribution in [2.24, 2.45) is 4.99 Å². The quantitative estimate of drug-likeness (QED) is 0.907. The first-order valence-electron chi connectivity index (χ1n) is 6.99. The van der Waals surface area contributed by atoms with Crippen LogP contribution in [0.5, 0.6) is 0 Å². The maximum Gasteiger partial charge on any atom is 0.201 e. The van der Waals surface area contributed by atoms with Gasteiger partial charge in [-0.3, -0.25) is 0 Å². The number of hydrogen-bond acceptors (Lipinski definition) is 3. The molecule has 0 spiro atoms. The van der Waals surface area contributed by atoms with Crippen molar-refractivity contribution in [3.63, 3.8) is 0 Å². The smallest absolute Gasteiger partial charge is 0.201 e. The molecule has 19 heavy (non-hydrogen) atoms. The summed E-state index contributed by atoms with van der Waals surface area (Å²) in [5.74, 6) is 0.675. The van der Waals surface area contributed by atoms with Gasteiger partial charge in [0, 0.05) is 0 Å². The van der Waals surface area contributed by atoms with E-state index in [1.165, 1.54) is 25.0 Å². The Labute approximate surface area is 112 Å². The zero-order chi connectivity index (χ0) is 13.1. The van der Waals surface area contributed by atoms with Gasteiger partial charge in [-0.1, -0.05) is 18.6 Å². The standard InChI is InChI=1S/C15H19FN2O/c16-12-6-4-11(5-7-12)9-13-10-19-15(18-13)14-3-1-2-8-17-14/h4-7,13-14,17H,1-3,8-10H2. The van der Waals surface area contributed by atoms with E-state index in [1.54, 1.807) is 0 Å². The lowest BCUT2D eigenvalue weighted by Gasteiger charge is -2.22. The van der Waals surface area contributed by atoms with Gasteiger partial charge in [-0.15, -0.1) is 0 Å². The lowest BCUT2D eigenvalue weighted by molar-refractivity contribution is 0.291. The second-order valence-corrected chi connectivity index (χ2v) is 5.27. The molecule has 0 bridgehead atoms.